The van der Waals surface area contributed by atoms with E-state index in [0.29, 0.717) is 10.9 Å². The lowest BCUT2D eigenvalue weighted by Crippen LogP contribution is -2.54. The summed E-state index contributed by atoms with van der Waals surface area (Å²) < 4.78 is 0. The third-order valence-electron chi connectivity index (χ3n) is 5.16. The topological polar surface area (TPSA) is 61.4 Å². The zero-order chi connectivity index (χ0) is 17.8. The van der Waals surface area contributed by atoms with E-state index in [2.05, 4.69) is 10.6 Å². The van der Waals surface area contributed by atoms with Crippen molar-refractivity contribution in [3.63, 3.8) is 0 Å². The molecule has 0 radical (unpaired) electrons. The summed E-state index contributed by atoms with van der Waals surface area (Å²) in [5.74, 6) is 0.864. The maximum Gasteiger partial charge on any atom is 0.262 e. The number of hydrogen-bond donors (Lipinski definition) is 2. The van der Waals surface area contributed by atoms with Crippen LogP contribution in [0.15, 0.2) is 17.5 Å². The summed E-state index contributed by atoms with van der Waals surface area (Å²) in [6.45, 7) is 6.66. The van der Waals surface area contributed by atoms with Crippen molar-refractivity contribution in [2.45, 2.75) is 51.6 Å². The average molecular weight is 400 g/mol. The third kappa shape index (κ3) is 5.69. The Morgan fingerprint density at radius 1 is 1.23 bits per heavy atom. The van der Waals surface area contributed by atoms with Crippen LogP contribution in [0, 0.1) is 11.8 Å². The van der Waals surface area contributed by atoms with Crippen LogP contribution < -0.4 is 10.6 Å². The van der Waals surface area contributed by atoms with Gasteiger partial charge in [-0.1, -0.05) is 19.9 Å². The molecular weight excluding hydrogens is 370 g/mol. The molecule has 0 aromatic carbocycles. The summed E-state index contributed by atoms with van der Waals surface area (Å²) in [5.41, 5.74) is 0. The van der Waals surface area contributed by atoms with E-state index in [0.717, 1.165) is 38.4 Å². The molecule has 1 saturated carbocycles. The van der Waals surface area contributed by atoms with Crippen molar-refractivity contribution >= 4 is 35.6 Å². The van der Waals surface area contributed by atoms with Crippen LogP contribution in [0.4, 0.5) is 0 Å². The summed E-state index contributed by atoms with van der Waals surface area (Å²) in [6.07, 6.45) is 4.74. The number of piperidine rings is 1. The van der Waals surface area contributed by atoms with Crippen molar-refractivity contribution in [2.75, 3.05) is 19.6 Å². The van der Waals surface area contributed by atoms with Crippen LogP contribution in [0.1, 0.15) is 49.2 Å². The molecule has 1 aliphatic heterocycles. The van der Waals surface area contributed by atoms with Crippen molar-refractivity contribution < 1.29 is 9.59 Å². The van der Waals surface area contributed by atoms with Gasteiger partial charge in [0, 0.05) is 19.1 Å². The van der Waals surface area contributed by atoms with E-state index in [1.165, 1.54) is 24.2 Å². The first-order valence-electron chi connectivity index (χ1n) is 9.41. The lowest BCUT2D eigenvalue weighted by Gasteiger charge is -2.35. The number of rotatable bonds is 7. The maximum atomic E-state index is 12.9. The Labute approximate surface area is 166 Å². The number of likely N-dealkylation sites (tertiary alicyclic amines) is 1. The monoisotopic (exact) mass is 399 g/mol. The standard InChI is InChI=1S/C19H29N3O2S.ClH/c1-13(2)17(21-18(23)16-4-3-11-25-16)19(24)22-9-7-15(8-10-22)20-12-14-5-6-14;/h3-4,11,13-15,17,20H,5-10,12H2,1-2H3,(H,21,23);1H. The Hall–Kier alpha value is -1.11. The van der Waals surface area contributed by atoms with Crippen LogP contribution in [0.3, 0.4) is 0 Å². The molecular formula is C19H30ClN3O2S. The van der Waals surface area contributed by atoms with Gasteiger partial charge in [0.2, 0.25) is 5.91 Å². The Morgan fingerprint density at radius 3 is 2.46 bits per heavy atom. The van der Waals surface area contributed by atoms with Gasteiger partial charge in [0.25, 0.3) is 5.91 Å². The second-order valence-corrected chi connectivity index (χ2v) is 8.57. The Balaban J connectivity index is 0.00000243. The predicted molar refractivity (Wildman–Crippen MR) is 108 cm³/mol. The molecule has 1 unspecified atom stereocenters. The molecule has 1 aromatic heterocycles. The van der Waals surface area contributed by atoms with Crippen molar-refractivity contribution in [3.05, 3.63) is 22.4 Å². The first kappa shape index (κ1) is 21.2. The SMILES string of the molecule is CC(C)C(NC(=O)c1cccs1)C(=O)N1CCC(NCC2CC2)CC1.Cl. The highest BCUT2D eigenvalue weighted by Gasteiger charge is 2.32. The quantitative estimate of drug-likeness (QED) is 0.741. The highest BCUT2D eigenvalue weighted by Crippen LogP contribution is 2.28. The normalized spacial score (nSPS) is 19.1. The van der Waals surface area contributed by atoms with E-state index in [1.807, 2.05) is 30.2 Å². The van der Waals surface area contributed by atoms with Gasteiger partial charge in [-0.05, 0) is 55.5 Å². The van der Waals surface area contributed by atoms with E-state index in [9.17, 15) is 9.59 Å². The molecule has 2 fully saturated rings. The number of nitrogens with zero attached hydrogens (tertiary/aromatic N) is 1. The molecule has 7 heteroatoms. The molecule has 26 heavy (non-hydrogen) atoms. The number of carbonyl (C=O) groups is 2. The fraction of sp³-hybridized carbons (Fsp3) is 0.684. The van der Waals surface area contributed by atoms with Gasteiger partial charge in [0.1, 0.15) is 6.04 Å². The van der Waals surface area contributed by atoms with Crippen LogP contribution >= 0.6 is 23.7 Å². The minimum atomic E-state index is -0.453. The van der Waals surface area contributed by atoms with E-state index >= 15 is 0 Å². The molecule has 0 spiro atoms. The first-order chi connectivity index (χ1) is 12.0. The molecule has 2 heterocycles. The number of nitrogens with one attached hydrogen (secondary N) is 2. The number of hydrogen-bond acceptors (Lipinski definition) is 4. The van der Waals surface area contributed by atoms with Crippen LogP contribution in [-0.4, -0.2) is 48.4 Å². The van der Waals surface area contributed by atoms with Crippen LogP contribution in [0.5, 0.6) is 0 Å². The molecule has 146 valence electrons. The molecule has 2 amide bonds. The number of carbonyl (C=O) groups excluding carboxylic acids is 2. The zero-order valence-corrected chi connectivity index (χ0v) is 17.2. The average Bonchev–Trinajstić information content (AvgIpc) is 3.28. The second-order valence-electron chi connectivity index (χ2n) is 7.62. The lowest BCUT2D eigenvalue weighted by molar-refractivity contribution is -0.135. The smallest absolute Gasteiger partial charge is 0.262 e. The fourth-order valence-corrected chi connectivity index (χ4v) is 3.92. The van der Waals surface area contributed by atoms with Crippen LogP contribution in [0.2, 0.25) is 0 Å². The number of amides is 2. The fourth-order valence-electron chi connectivity index (χ4n) is 3.29. The predicted octanol–water partition coefficient (Wildman–Crippen LogP) is 2.91. The number of thiophene rings is 1. The van der Waals surface area contributed by atoms with Crippen molar-refractivity contribution in [3.8, 4) is 0 Å². The minimum absolute atomic E-state index is 0. The van der Waals surface area contributed by atoms with E-state index in [-0.39, 0.29) is 30.1 Å². The minimum Gasteiger partial charge on any atom is -0.341 e. The largest absolute Gasteiger partial charge is 0.341 e. The van der Waals surface area contributed by atoms with Gasteiger partial charge in [0.15, 0.2) is 0 Å². The zero-order valence-electron chi connectivity index (χ0n) is 15.6. The molecule has 0 bridgehead atoms. The molecule has 1 aromatic rings. The van der Waals surface area contributed by atoms with Gasteiger partial charge in [-0.3, -0.25) is 9.59 Å². The Bertz CT molecular complexity index is 582. The Morgan fingerprint density at radius 2 is 1.92 bits per heavy atom. The van der Waals surface area contributed by atoms with Gasteiger partial charge in [-0.2, -0.15) is 0 Å². The molecule has 5 nitrogen and oxygen atoms in total. The molecule has 2 aliphatic rings. The van der Waals surface area contributed by atoms with Gasteiger partial charge >= 0.3 is 0 Å². The van der Waals surface area contributed by atoms with E-state index in [1.54, 1.807) is 6.07 Å². The molecule has 1 atom stereocenters. The van der Waals surface area contributed by atoms with Gasteiger partial charge in [0.05, 0.1) is 4.88 Å². The van der Waals surface area contributed by atoms with Gasteiger partial charge in [-0.25, -0.2) is 0 Å². The summed E-state index contributed by atoms with van der Waals surface area (Å²) in [4.78, 5) is 27.8. The van der Waals surface area contributed by atoms with Crippen LogP contribution in [-0.2, 0) is 4.79 Å². The van der Waals surface area contributed by atoms with Crippen LogP contribution in [0.25, 0.3) is 0 Å². The van der Waals surface area contributed by atoms with E-state index < -0.39 is 6.04 Å². The lowest BCUT2D eigenvalue weighted by atomic mass is 9.99. The highest BCUT2D eigenvalue weighted by molar-refractivity contribution is 7.12. The van der Waals surface area contributed by atoms with Crippen molar-refractivity contribution in [1.82, 2.24) is 15.5 Å². The summed E-state index contributed by atoms with van der Waals surface area (Å²) in [5, 5.41) is 8.46. The molecule has 2 N–H and O–H groups in total. The first-order valence-corrected chi connectivity index (χ1v) is 10.3. The summed E-state index contributed by atoms with van der Waals surface area (Å²) in [7, 11) is 0. The third-order valence-corrected chi connectivity index (χ3v) is 6.03. The molecule has 1 aliphatic carbocycles. The van der Waals surface area contributed by atoms with E-state index in [4.69, 9.17) is 0 Å². The van der Waals surface area contributed by atoms with Crippen molar-refractivity contribution in [1.29, 1.82) is 0 Å². The second kappa shape index (κ2) is 9.72. The highest BCUT2D eigenvalue weighted by atomic mass is 35.5. The summed E-state index contributed by atoms with van der Waals surface area (Å²) >= 11 is 1.40. The maximum absolute atomic E-state index is 12.9. The number of halogens is 1. The van der Waals surface area contributed by atoms with Gasteiger partial charge in [-0.15, -0.1) is 23.7 Å². The van der Waals surface area contributed by atoms with Crippen molar-refractivity contribution in [2.24, 2.45) is 11.8 Å². The molecule has 3 rings (SSSR count). The Kier molecular flexibility index (Phi) is 7.92. The molecule has 1 saturated heterocycles. The van der Waals surface area contributed by atoms with Gasteiger partial charge < -0.3 is 15.5 Å². The summed E-state index contributed by atoms with van der Waals surface area (Å²) in [6, 6.07) is 3.72.